The highest BCUT2D eigenvalue weighted by atomic mass is 32.2. The van der Waals surface area contributed by atoms with Crippen LogP contribution >= 0.6 is 23.3 Å². The Bertz CT molecular complexity index is 677. The summed E-state index contributed by atoms with van der Waals surface area (Å²) in [6, 6.07) is 6.99. The first kappa shape index (κ1) is 16.8. The predicted molar refractivity (Wildman–Crippen MR) is 90.2 cm³/mol. The van der Waals surface area contributed by atoms with Crippen LogP contribution in [0.1, 0.15) is 36.0 Å². The molecule has 2 rings (SSSR count). The lowest BCUT2D eigenvalue weighted by atomic mass is 9.87. The maximum Gasteiger partial charge on any atom is 0.350 e. The Morgan fingerprint density at radius 3 is 2.64 bits per heavy atom. The van der Waals surface area contributed by atoms with Gasteiger partial charge in [0.1, 0.15) is 10.7 Å². The molecule has 0 fully saturated rings. The molecule has 0 aliphatic rings. The molecule has 1 heterocycles. The molecule has 0 radical (unpaired) electrons. The standard InChI is InChI=1S/C16H18FNO2S2/c1-16(2,3)10-5-6-13(11(17)9-10)22-18-12-7-8-21-14(12)15(19)20-4/h5-9,18H,1-4H3. The van der Waals surface area contributed by atoms with Crippen LogP contribution in [0.3, 0.4) is 0 Å². The Morgan fingerprint density at radius 1 is 1.32 bits per heavy atom. The van der Waals surface area contributed by atoms with E-state index in [0.29, 0.717) is 15.5 Å². The number of anilines is 1. The van der Waals surface area contributed by atoms with E-state index in [1.54, 1.807) is 23.6 Å². The van der Waals surface area contributed by atoms with Crippen molar-refractivity contribution in [3.05, 3.63) is 45.9 Å². The van der Waals surface area contributed by atoms with E-state index in [4.69, 9.17) is 4.74 Å². The van der Waals surface area contributed by atoms with Gasteiger partial charge in [0.2, 0.25) is 0 Å². The van der Waals surface area contributed by atoms with E-state index >= 15 is 0 Å². The van der Waals surface area contributed by atoms with Crippen molar-refractivity contribution < 1.29 is 13.9 Å². The van der Waals surface area contributed by atoms with E-state index < -0.39 is 5.97 Å². The van der Waals surface area contributed by atoms with Crippen molar-refractivity contribution in [1.82, 2.24) is 0 Å². The number of carbonyl (C=O) groups is 1. The summed E-state index contributed by atoms with van der Waals surface area (Å²) < 4.78 is 21.9. The summed E-state index contributed by atoms with van der Waals surface area (Å²) in [7, 11) is 1.34. The fourth-order valence-corrected chi connectivity index (χ4v) is 3.31. The molecule has 0 bridgehead atoms. The minimum absolute atomic E-state index is 0.0944. The number of nitrogens with one attached hydrogen (secondary N) is 1. The predicted octanol–water partition coefficient (Wildman–Crippen LogP) is 5.09. The number of halogens is 1. The summed E-state index contributed by atoms with van der Waals surface area (Å²) in [5.41, 5.74) is 1.48. The van der Waals surface area contributed by atoms with E-state index in [-0.39, 0.29) is 11.2 Å². The number of hydrogen-bond acceptors (Lipinski definition) is 5. The lowest BCUT2D eigenvalue weighted by Crippen LogP contribution is -2.11. The molecular weight excluding hydrogens is 321 g/mol. The zero-order valence-corrected chi connectivity index (χ0v) is 14.5. The third kappa shape index (κ3) is 3.81. The van der Waals surface area contributed by atoms with Gasteiger partial charge in [-0.3, -0.25) is 0 Å². The van der Waals surface area contributed by atoms with Crippen LogP contribution in [-0.4, -0.2) is 13.1 Å². The summed E-state index contributed by atoms with van der Waals surface area (Å²) in [5.74, 6) is -0.679. The van der Waals surface area contributed by atoms with Gasteiger partial charge in [0.15, 0.2) is 0 Å². The smallest absolute Gasteiger partial charge is 0.350 e. The molecular formula is C16H18FNO2S2. The molecule has 0 saturated heterocycles. The van der Waals surface area contributed by atoms with Crippen LogP contribution in [0.4, 0.5) is 10.1 Å². The summed E-state index contributed by atoms with van der Waals surface area (Å²) in [5, 5.41) is 1.79. The molecule has 118 valence electrons. The van der Waals surface area contributed by atoms with Gasteiger partial charge in [0, 0.05) is 0 Å². The molecule has 1 N–H and O–H groups in total. The topological polar surface area (TPSA) is 38.3 Å². The van der Waals surface area contributed by atoms with E-state index in [9.17, 15) is 9.18 Å². The average Bonchev–Trinajstić information content (AvgIpc) is 2.92. The summed E-state index contributed by atoms with van der Waals surface area (Å²) in [4.78, 5) is 12.5. The van der Waals surface area contributed by atoms with Crippen molar-refractivity contribution in [1.29, 1.82) is 0 Å². The third-order valence-corrected chi connectivity index (χ3v) is 4.87. The lowest BCUT2D eigenvalue weighted by Gasteiger charge is -2.19. The van der Waals surface area contributed by atoms with Gasteiger partial charge in [-0.25, -0.2) is 9.18 Å². The second-order valence-corrected chi connectivity index (χ2v) is 7.52. The fraction of sp³-hybridized carbons (Fsp3) is 0.312. The second-order valence-electron chi connectivity index (χ2n) is 5.75. The Kier molecular flexibility index (Phi) is 5.13. The van der Waals surface area contributed by atoms with Gasteiger partial charge >= 0.3 is 5.97 Å². The van der Waals surface area contributed by atoms with Crippen LogP contribution in [0.15, 0.2) is 34.5 Å². The van der Waals surface area contributed by atoms with Gasteiger partial charge in [-0.05, 0) is 46.5 Å². The minimum atomic E-state index is -0.401. The van der Waals surface area contributed by atoms with Crippen molar-refractivity contribution in [2.75, 3.05) is 11.8 Å². The molecule has 0 atom stereocenters. The molecule has 22 heavy (non-hydrogen) atoms. The Hall–Kier alpha value is -1.53. The van der Waals surface area contributed by atoms with E-state index in [2.05, 4.69) is 4.72 Å². The molecule has 3 nitrogen and oxygen atoms in total. The number of ether oxygens (including phenoxy) is 1. The van der Waals surface area contributed by atoms with Gasteiger partial charge in [-0.1, -0.05) is 26.8 Å². The second kappa shape index (κ2) is 6.71. The Labute approximate surface area is 138 Å². The highest BCUT2D eigenvalue weighted by Gasteiger charge is 2.17. The van der Waals surface area contributed by atoms with Gasteiger partial charge in [-0.15, -0.1) is 11.3 Å². The number of thiophene rings is 1. The number of hydrogen-bond donors (Lipinski definition) is 1. The van der Waals surface area contributed by atoms with Crippen molar-refractivity contribution in [3.63, 3.8) is 0 Å². The van der Waals surface area contributed by atoms with Crippen LogP contribution in [0.5, 0.6) is 0 Å². The molecule has 0 aliphatic heterocycles. The number of methoxy groups -OCH3 is 1. The zero-order chi connectivity index (χ0) is 16.3. The van der Waals surface area contributed by atoms with Crippen LogP contribution in [0.25, 0.3) is 0 Å². The van der Waals surface area contributed by atoms with Crippen LogP contribution in [-0.2, 0) is 10.2 Å². The zero-order valence-electron chi connectivity index (χ0n) is 12.9. The van der Waals surface area contributed by atoms with Crippen molar-refractivity contribution >= 4 is 34.9 Å². The third-order valence-electron chi connectivity index (χ3n) is 3.10. The maximum absolute atomic E-state index is 14.2. The summed E-state index contributed by atoms with van der Waals surface area (Å²) in [6.45, 7) is 6.13. The molecule has 0 aliphatic carbocycles. The first-order valence-corrected chi connectivity index (χ1v) is 8.41. The number of rotatable bonds is 4. The van der Waals surface area contributed by atoms with Crippen molar-refractivity contribution in [2.24, 2.45) is 0 Å². The SMILES string of the molecule is COC(=O)c1sccc1NSc1ccc(C(C)(C)C)cc1F. The minimum Gasteiger partial charge on any atom is -0.465 e. The van der Waals surface area contributed by atoms with Crippen LogP contribution < -0.4 is 4.72 Å². The lowest BCUT2D eigenvalue weighted by molar-refractivity contribution is 0.0607. The number of esters is 1. The quantitative estimate of drug-likeness (QED) is 0.622. The van der Waals surface area contributed by atoms with Crippen LogP contribution in [0, 0.1) is 5.82 Å². The highest BCUT2D eigenvalue weighted by Crippen LogP contribution is 2.31. The van der Waals surface area contributed by atoms with E-state index in [1.807, 2.05) is 26.8 Å². The first-order chi connectivity index (χ1) is 10.3. The molecule has 0 amide bonds. The van der Waals surface area contributed by atoms with Gasteiger partial charge < -0.3 is 9.46 Å². The number of carbonyl (C=O) groups excluding carboxylic acids is 1. The number of benzene rings is 1. The van der Waals surface area contributed by atoms with Gasteiger partial charge in [0.05, 0.1) is 17.7 Å². The highest BCUT2D eigenvalue weighted by molar-refractivity contribution is 8.00. The van der Waals surface area contributed by atoms with Gasteiger partial charge in [-0.2, -0.15) is 0 Å². The molecule has 0 unspecified atom stereocenters. The van der Waals surface area contributed by atoms with Gasteiger partial charge in [0.25, 0.3) is 0 Å². The normalized spacial score (nSPS) is 11.3. The molecule has 0 saturated carbocycles. The first-order valence-electron chi connectivity index (χ1n) is 6.71. The largest absolute Gasteiger partial charge is 0.465 e. The molecule has 2 aromatic rings. The molecule has 1 aromatic carbocycles. The average molecular weight is 339 g/mol. The van der Waals surface area contributed by atoms with Crippen molar-refractivity contribution in [3.8, 4) is 0 Å². The van der Waals surface area contributed by atoms with E-state index in [1.165, 1.54) is 18.4 Å². The summed E-state index contributed by atoms with van der Waals surface area (Å²) in [6.07, 6.45) is 0. The molecule has 0 spiro atoms. The van der Waals surface area contributed by atoms with Crippen molar-refractivity contribution in [2.45, 2.75) is 31.1 Å². The molecule has 1 aromatic heterocycles. The Morgan fingerprint density at radius 2 is 2.05 bits per heavy atom. The maximum atomic E-state index is 14.2. The Balaban J connectivity index is 2.13. The summed E-state index contributed by atoms with van der Waals surface area (Å²) >= 11 is 2.42. The fourth-order valence-electron chi connectivity index (χ4n) is 1.80. The van der Waals surface area contributed by atoms with E-state index in [0.717, 1.165) is 17.5 Å². The van der Waals surface area contributed by atoms with Crippen LogP contribution in [0.2, 0.25) is 0 Å². The monoisotopic (exact) mass is 339 g/mol. The molecule has 6 heteroatoms.